The summed E-state index contributed by atoms with van der Waals surface area (Å²) in [6.07, 6.45) is 0. The smallest absolute Gasteiger partial charge is 0.00926 e. The molecule has 54 heavy (non-hydrogen) atoms. The molecular weight excluding hydrogens is 649 g/mol. The van der Waals surface area contributed by atoms with Gasteiger partial charge >= 0.3 is 0 Å². The maximum Gasteiger partial charge on any atom is -0.00926 e. The standard InChI is InChI=1S/C54H36/c1-5-15-37(16-6-1)43-25-27-47(39-19-9-3-10-20-39)51(33-43)49-29-30-50(54-36-46-32-42-24-14-13-23-41(42)31-45(46)35-53(49)54)52-34-44(38-17-7-2-8-18-38)26-28-48(52)40-21-11-4-12-22-40/h1-36H. The predicted molar refractivity (Wildman–Crippen MR) is 232 cm³/mol. The van der Waals surface area contributed by atoms with E-state index >= 15 is 0 Å². The summed E-state index contributed by atoms with van der Waals surface area (Å²) >= 11 is 0. The molecule has 0 unspecified atom stereocenters. The lowest BCUT2D eigenvalue weighted by Gasteiger charge is -2.20. The third kappa shape index (κ3) is 5.75. The van der Waals surface area contributed by atoms with Crippen molar-refractivity contribution in [3.63, 3.8) is 0 Å². The molecule has 0 aliphatic rings. The molecular formula is C54H36. The van der Waals surface area contributed by atoms with Gasteiger partial charge in [-0.3, -0.25) is 0 Å². The van der Waals surface area contributed by atoms with Crippen LogP contribution >= 0.6 is 0 Å². The molecule has 10 rings (SSSR count). The molecule has 0 heterocycles. The van der Waals surface area contributed by atoms with Crippen molar-refractivity contribution in [3.8, 4) is 66.8 Å². The number of hydrogen-bond donors (Lipinski definition) is 0. The van der Waals surface area contributed by atoms with Crippen LogP contribution in [0.25, 0.3) is 99.1 Å². The first-order valence-electron chi connectivity index (χ1n) is 18.7. The topological polar surface area (TPSA) is 0 Å². The molecule has 10 aromatic rings. The zero-order chi connectivity index (χ0) is 35.8. The van der Waals surface area contributed by atoms with Crippen LogP contribution in [0.1, 0.15) is 0 Å². The van der Waals surface area contributed by atoms with Crippen molar-refractivity contribution in [1.29, 1.82) is 0 Å². The summed E-state index contributed by atoms with van der Waals surface area (Å²) in [6.45, 7) is 0. The number of rotatable bonds is 6. The maximum atomic E-state index is 2.43. The van der Waals surface area contributed by atoms with Gasteiger partial charge < -0.3 is 0 Å². The molecule has 0 spiro atoms. The molecule has 0 saturated heterocycles. The van der Waals surface area contributed by atoms with E-state index in [0.717, 1.165) is 0 Å². The number of hydrogen-bond acceptors (Lipinski definition) is 0. The van der Waals surface area contributed by atoms with Crippen LogP contribution in [0.2, 0.25) is 0 Å². The van der Waals surface area contributed by atoms with Gasteiger partial charge in [-0.1, -0.05) is 182 Å². The Kier molecular flexibility index (Phi) is 7.93. The second-order valence-corrected chi connectivity index (χ2v) is 14.1. The molecule has 0 aliphatic carbocycles. The minimum atomic E-state index is 1.20. The van der Waals surface area contributed by atoms with E-state index in [1.165, 1.54) is 99.1 Å². The molecule has 0 nitrogen and oxygen atoms in total. The van der Waals surface area contributed by atoms with Crippen LogP contribution in [-0.4, -0.2) is 0 Å². The lowest BCUT2D eigenvalue weighted by atomic mass is 9.84. The zero-order valence-corrected chi connectivity index (χ0v) is 29.8. The van der Waals surface area contributed by atoms with Crippen LogP contribution in [0.4, 0.5) is 0 Å². The quantitative estimate of drug-likeness (QED) is 0.153. The maximum absolute atomic E-state index is 2.43. The molecule has 252 valence electrons. The fraction of sp³-hybridized carbons (Fsp3) is 0. The number of benzene rings is 10. The summed E-state index contributed by atoms with van der Waals surface area (Å²) in [7, 11) is 0. The highest BCUT2D eigenvalue weighted by Crippen LogP contribution is 2.45. The average molecular weight is 685 g/mol. The summed E-state index contributed by atoms with van der Waals surface area (Å²) in [5.74, 6) is 0. The van der Waals surface area contributed by atoms with Crippen LogP contribution in [0, 0.1) is 0 Å². The molecule has 0 atom stereocenters. The molecule has 0 aromatic heterocycles. The van der Waals surface area contributed by atoms with E-state index in [2.05, 4.69) is 218 Å². The largest absolute Gasteiger partial charge is 0.0622 e. The lowest BCUT2D eigenvalue weighted by molar-refractivity contribution is 1.56. The van der Waals surface area contributed by atoms with Gasteiger partial charge in [-0.05, 0) is 135 Å². The van der Waals surface area contributed by atoms with Gasteiger partial charge in [0, 0.05) is 0 Å². The zero-order valence-electron chi connectivity index (χ0n) is 29.8. The summed E-state index contributed by atoms with van der Waals surface area (Å²) in [6, 6.07) is 80.0. The molecule has 0 heteroatoms. The molecule has 0 amide bonds. The van der Waals surface area contributed by atoms with Gasteiger partial charge in [0.2, 0.25) is 0 Å². The molecule has 0 fully saturated rings. The van der Waals surface area contributed by atoms with E-state index in [0.29, 0.717) is 0 Å². The fourth-order valence-corrected chi connectivity index (χ4v) is 8.15. The first-order chi connectivity index (χ1) is 26.8. The summed E-state index contributed by atoms with van der Waals surface area (Å²) in [5.41, 5.74) is 14.6. The van der Waals surface area contributed by atoms with Gasteiger partial charge in [-0.2, -0.15) is 0 Å². The first-order valence-corrected chi connectivity index (χ1v) is 18.7. The van der Waals surface area contributed by atoms with Crippen molar-refractivity contribution < 1.29 is 0 Å². The molecule has 0 radical (unpaired) electrons. The Bertz CT molecular complexity index is 2740. The molecule has 0 saturated carbocycles. The van der Waals surface area contributed by atoms with Gasteiger partial charge in [0.15, 0.2) is 0 Å². The van der Waals surface area contributed by atoms with Crippen LogP contribution in [0.5, 0.6) is 0 Å². The lowest BCUT2D eigenvalue weighted by Crippen LogP contribution is -1.93. The third-order valence-corrected chi connectivity index (χ3v) is 10.8. The minimum absolute atomic E-state index is 1.20. The van der Waals surface area contributed by atoms with Gasteiger partial charge in [0.25, 0.3) is 0 Å². The Balaban J connectivity index is 1.30. The average Bonchev–Trinajstić information content (AvgIpc) is 3.25. The van der Waals surface area contributed by atoms with Crippen LogP contribution in [-0.2, 0) is 0 Å². The van der Waals surface area contributed by atoms with Crippen molar-refractivity contribution in [2.75, 3.05) is 0 Å². The Morgan fingerprint density at radius 2 is 0.500 bits per heavy atom. The van der Waals surface area contributed by atoms with Crippen molar-refractivity contribution in [2.24, 2.45) is 0 Å². The predicted octanol–water partition coefficient (Wildman–Crippen LogP) is 15.1. The van der Waals surface area contributed by atoms with Gasteiger partial charge in [-0.25, -0.2) is 0 Å². The Morgan fingerprint density at radius 3 is 0.889 bits per heavy atom. The molecule has 0 N–H and O–H groups in total. The summed E-state index contributed by atoms with van der Waals surface area (Å²) in [5, 5.41) is 7.45. The fourth-order valence-electron chi connectivity index (χ4n) is 8.15. The Morgan fingerprint density at radius 1 is 0.167 bits per heavy atom. The summed E-state index contributed by atoms with van der Waals surface area (Å²) < 4.78 is 0. The highest BCUT2D eigenvalue weighted by molar-refractivity contribution is 6.15. The normalized spacial score (nSPS) is 11.3. The van der Waals surface area contributed by atoms with Gasteiger partial charge in [0.05, 0.1) is 0 Å². The highest BCUT2D eigenvalue weighted by Gasteiger charge is 2.19. The second kappa shape index (κ2) is 13.5. The Hall–Kier alpha value is -7.02. The summed E-state index contributed by atoms with van der Waals surface area (Å²) in [4.78, 5) is 0. The van der Waals surface area contributed by atoms with E-state index in [-0.39, 0.29) is 0 Å². The van der Waals surface area contributed by atoms with Crippen LogP contribution < -0.4 is 0 Å². The van der Waals surface area contributed by atoms with Crippen molar-refractivity contribution in [1.82, 2.24) is 0 Å². The van der Waals surface area contributed by atoms with E-state index in [1.54, 1.807) is 0 Å². The van der Waals surface area contributed by atoms with Crippen molar-refractivity contribution in [3.05, 3.63) is 218 Å². The second-order valence-electron chi connectivity index (χ2n) is 14.1. The Labute approximate surface area is 316 Å². The van der Waals surface area contributed by atoms with Gasteiger partial charge in [-0.15, -0.1) is 0 Å². The third-order valence-electron chi connectivity index (χ3n) is 10.8. The molecule has 0 aliphatic heterocycles. The number of fused-ring (bicyclic) bond motifs is 3. The van der Waals surface area contributed by atoms with Crippen LogP contribution in [0.15, 0.2) is 218 Å². The van der Waals surface area contributed by atoms with Crippen molar-refractivity contribution in [2.45, 2.75) is 0 Å². The molecule has 0 bridgehead atoms. The first kappa shape index (κ1) is 31.7. The molecule has 10 aromatic carbocycles. The van der Waals surface area contributed by atoms with E-state index in [1.807, 2.05) is 0 Å². The van der Waals surface area contributed by atoms with Crippen molar-refractivity contribution >= 4 is 32.3 Å². The minimum Gasteiger partial charge on any atom is -0.0622 e. The van der Waals surface area contributed by atoms with E-state index in [9.17, 15) is 0 Å². The SMILES string of the molecule is c1ccc(-c2ccc(-c3ccccc3)c(-c3ccc(-c4cc(-c5ccccc5)ccc4-c4ccccc4)c4cc5cc6ccccc6cc5cc34)c2)cc1. The van der Waals surface area contributed by atoms with Gasteiger partial charge in [0.1, 0.15) is 0 Å². The van der Waals surface area contributed by atoms with E-state index < -0.39 is 0 Å². The monoisotopic (exact) mass is 684 g/mol. The highest BCUT2D eigenvalue weighted by atomic mass is 14.2. The van der Waals surface area contributed by atoms with Crippen LogP contribution in [0.3, 0.4) is 0 Å². The van der Waals surface area contributed by atoms with E-state index in [4.69, 9.17) is 0 Å².